The molecule has 1 aromatic heterocycles. The summed E-state index contributed by atoms with van der Waals surface area (Å²) in [5.41, 5.74) is 1.35. The van der Waals surface area contributed by atoms with Crippen LogP contribution in [0.2, 0.25) is 5.02 Å². The van der Waals surface area contributed by atoms with E-state index in [-0.39, 0.29) is 5.82 Å². The predicted molar refractivity (Wildman–Crippen MR) is 92.1 cm³/mol. The van der Waals surface area contributed by atoms with Gasteiger partial charge >= 0.3 is 0 Å². The maximum Gasteiger partial charge on any atom is 0.295 e. The lowest BCUT2D eigenvalue weighted by molar-refractivity contribution is 0.101. The van der Waals surface area contributed by atoms with E-state index in [4.69, 9.17) is 16.3 Å². The van der Waals surface area contributed by atoms with Crippen LogP contribution < -0.4 is 10.1 Å². The predicted octanol–water partition coefficient (Wildman–Crippen LogP) is 3.49. The number of nitrogens with zero attached hydrogens (tertiary/aromatic N) is 3. The molecule has 7 heteroatoms. The molecule has 1 heterocycles. The van der Waals surface area contributed by atoms with Crippen LogP contribution in [0.5, 0.6) is 5.75 Å². The zero-order chi connectivity index (χ0) is 17.1. The van der Waals surface area contributed by atoms with Gasteiger partial charge in [-0.15, -0.1) is 5.10 Å². The number of hydrogen-bond acceptors (Lipinski definition) is 4. The molecule has 3 rings (SSSR count). The average Bonchev–Trinajstić information content (AvgIpc) is 2.97. The van der Waals surface area contributed by atoms with E-state index in [0.29, 0.717) is 22.3 Å². The van der Waals surface area contributed by atoms with Crippen LogP contribution in [-0.2, 0) is 0 Å². The van der Waals surface area contributed by atoms with Crippen molar-refractivity contribution in [3.8, 4) is 11.4 Å². The van der Waals surface area contributed by atoms with Crippen LogP contribution in [0.1, 0.15) is 16.4 Å². The molecule has 0 atom stereocenters. The van der Waals surface area contributed by atoms with Gasteiger partial charge in [0.15, 0.2) is 0 Å². The van der Waals surface area contributed by atoms with Crippen LogP contribution in [0, 0.1) is 6.92 Å². The van der Waals surface area contributed by atoms with Crippen molar-refractivity contribution in [1.29, 1.82) is 0 Å². The fraction of sp³-hybridized carbons (Fsp3) is 0.118. The number of halogens is 1. The zero-order valence-electron chi connectivity index (χ0n) is 13.2. The van der Waals surface area contributed by atoms with Crippen molar-refractivity contribution < 1.29 is 9.53 Å². The molecule has 0 aliphatic heterocycles. The average molecular weight is 343 g/mol. The van der Waals surface area contributed by atoms with Crippen molar-refractivity contribution >= 4 is 23.2 Å². The molecule has 2 aromatic carbocycles. The van der Waals surface area contributed by atoms with E-state index < -0.39 is 5.91 Å². The molecule has 0 fully saturated rings. The number of aromatic nitrogens is 3. The first-order chi connectivity index (χ1) is 11.6. The zero-order valence-corrected chi connectivity index (χ0v) is 13.9. The minimum Gasteiger partial charge on any atom is -0.497 e. The maximum atomic E-state index is 12.4. The highest BCUT2D eigenvalue weighted by atomic mass is 35.5. The highest BCUT2D eigenvalue weighted by Gasteiger charge is 2.15. The standard InChI is InChI=1S/C17H15ClN4O2/c1-11-19-16(21-22(11)14-7-3-5-12(18)9-14)17(23)20-13-6-4-8-15(10-13)24-2/h3-10H,1-2H3,(H,20,23). The molecule has 6 nitrogen and oxygen atoms in total. The summed E-state index contributed by atoms with van der Waals surface area (Å²) in [6, 6.07) is 14.3. The molecular formula is C17H15ClN4O2. The lowest BCUT2D eigenvalue weighted by Crippen LogP contribution is -2.14. The molecule has 3 aromatic rings. The van der Waals surface area contributed by atoms with E-state index in [1.165, 1.54) is 0 Å². The Balaban J connectivity index is 1.85. The Morgan fingerprint density at radius 3 is 2.75 bits per heavy atom. The fourth-order valence-electron chi connectivity index (χ4n) is 2.23. The minimum atomic E-state index is -0.396. The van der Waals surface area contributed by atoms with Crippen LogP contribution in [0.15, 0.2) is 48.5 Å². The maximum absolute atomic E-state index is 12.4. The van der Waals surface area contributed by atoms with Gasteiger partial charge in [0.2, 0.25) is 5.82 Å². The molecule has 0 aliphatic rings. The molecule has 1 N–H and O–H groups in total. The molecule has 0 saturated heterocycles. The van der Waals surface area contributed by atoms with Crippen LogP contribution in [0.4, 0.5) is 5.69 Å². The third kappa shape index (κ3) is 3.38. The first-order valence-electron chi connectivity index (χ1n) is 7.22. The summed E-state index contributed by atoms with van der Waals surface area (Å²) >= 11 is 6.00. The van der Waals surface area contributed by atoms with Crippen molar-refractivity contribution in [2.24, 2.45) is 0 Å². The smallest absolute Gasteiger partial charge is 0.295 e. The summed E-state index contributed by atoms with van der Waals surface area (Å²) in [5, 5.41) is 7.60. The van der Waals surface area contributed by atoms with Gasteiger partial charge in [0.05, 0.1) is 12.8 Å². The van der Waals surface area contributed by atoms with E-state index in [2.05, 4.69) is 15.4 Å². The Bertz CT molecular complexity index is 892. The summed E-state index contributed by atoms with van der Waals surface area (Å²) in [6.45, 7) is 1.77. The normalized spacial score (nSPS) is 10.5. The number of rotatable bonds is 4. The number of benzene rings is 2. The third-order valence-electron chi connectivity index (χ3n) is 3.35. The molecule has 0 radical (unpaired) electrons. The second-order valence-corrected chi connectivity index (χ2v) is 5.50. The first-order valence-corrected chi connectivity index (χ1v) is 7.59. The molecular weight excluding hydrogens is 328 g/mol. The highest BCUT2D eigenvalue weighted by Crippen LogP contribution is 2.18. The number of aryl methyl sites for hydroxylation is 1. The minimum absolute atomic E-state index is 0.0790. The molecule has 0 spiro atoms. The number of ether oxygens (including phenoxy) is 1. The number of methoxy groups -OCH3 is 1. The molecule has 122 valence electrons. The Labute approximate surface area is 144 Å². The van der Waals surface area contributed by atoms with Crippen molar-refractivity contribution in [3.05, 3.63) is 65.2 Å². The van der Waals surface area contributed by atoms with Gasteiger partial charge in [-0.1, -0.05) is 23.7 Å². The monoisotopic (exact) mass is 342 g/mol. The van der Waals surface area contributed by atoms with E-state index in [0.717, 1.165) is 5.69 Å². The van der Waals surface area contributed by atoms with Crippen molar-refractivity contribution in [2.75, 3.05) is 12.4 Å². The summed E-state index contributed by atoms with van der Waals surface area (Å²) in [6.07, 6.45) is 0. The van der Waals surface area contributed by atoms with Crippen LogP contribution in [0.3, 0.4) is 0 Å². The number of nitrogens with one attached hydrogen (secondary N) is 1. The van der Waals surface area contributed by atoms with E-state index in [1.54, 1.807) is 55.1 Å². The van der Waals surface area contributed by atoms with Gasteiger partial charge in [0.25, 0.3) is 5.91 Å². The summed E-state index contributed by atoms with van der Waals surface area (Å²) in [5.74, 6) is 0.928. The first kappa shape index (κ1) is 16.0. The second kappa shape index (κ2) is 6.72. The van der Waals surface area contributed by atoms with Gasteiger partial charge in [-0.25, -0.2) is 9.67 Å². The SMILES string of the molecule is COc1cccc(NC(=O)c2nc(C)n(-c3cccc(Cl)c3)n2)c1. The molecule has 24 heavy (non-hydrogen) atoms. The van der Waals surface area contributed by atoms with Gasteiger partial charge < -0.3 is 10.1 Å². The molecule has 0 aliphatic carbocycles. The van der Waals surface area contributed by atoms with Gasteiger partial charge in [-0.05, 0) is 37.3 Å². The van der Waals surface area contributed by atoms with E-state index in [9.17, 15) is 4.79 Å². The Morgan fingerprint density at radius 2 is 2.00 bits per heavy atom. The van der Waals surface area contributed by atoms with Crippen molar-refractivity contribution in [3.63, 3.8) is 0 Å². The Hall–Kier alpha value is -2.86. The number of amides is 1. The third-order valence-corrected chi connectivity index (χ3v) is 3.59. The number of anilines is 1. The Morgan fingerprint density at radius 1 is 1.21 bits per heavy atom. The molecule has 0 bridgehead atoms. The number of hydrogen-bond donors (Lipinski definition) is 1. The second-order valence-electron chi connectivity index (χ2n) is 5.06. The topological polar surface area (TPSA) is 69.0 Å². The van der Waals surface area contributed by atoms with Gasteiger partial charge in [-0.3, -0.25) is 4.79 Å². The fourth-order valence-corrected chi connectivity index (χ4v) is 2.41. The molecule has 1 amide bonds. The Kier molecular flexibility index (Phi) is 4.48. The quantitative estimate of drug-likeness (QED) is 0.788. The largest absolute Gasteiger partial charge is 0.497 e. The van der Waals surface area contributed by atoms with Crippen LogP contribution in [0.25, 0.3) is 5.69 Å². The van der Waals surface area contributed by atoms with Gasteiger partial charge in [0.1, 0.15) is 11.6 Å². The van der Waals surface area contributed by atoms with E-state index >= 15 is 0 Å². The summed E-state index contributed by atoms with van der Waals surface area (Å²) in [7, 11) is 1.57. The molecule has 0 saturated carbocycles. The van der Waals surface area contributed by atoms with Crippen molar-refractivity contribution in [1.82, 2.24) is 14.8 Å². The van der Waals surface area contributed by atoms with Gasteiger partial charge in [-0.2, -0.15) is 0 Å². The summed E-state index contributed by atoms with van der Waals surface area (Å²) < 4.78 is 6.71. The summed E-state index contributed by atoms with van der Waals surface area (Å²) in [4.78, 5) is 16.6. The van der Waals surface area contributed by atoms with Crippen molar-refractivity contribution in [2.45, 2.75) is 6.92 Å². The van der Waals surface area contributed by atoms with Gasteiger partial charge in [0, 0.05) is 16.8 Å². The molecule has 0 unspecified atom stereocenters. The lowest BCUT2D eigenvalue weighted by atomic mass is 10.3. The van der Waals surface area contributed by atoms with Crippen LogP contribution in [-0.4, -0.2) is 27.8 Å². The highest BCUT2D eigenvalue weighted by molar-refractivity contribution is 6.30. The number of carbonyl (C=O) groups is 1. The number of carbonyl (C=O) groups excluding carboxylic acids is 1. The van der Waals surface area contributed by atoms with Crippen LogP contribution >= 0.6 is 11.6 Å². The lowest BCUT2D eigenvalue weighted by Gasteiger charge is -2.05. The van der Waals surface area contributed by atoms with E-state index in [1.807, 2.05) is 12.1 Å².